The molecule has 0 amide bonds. The maximum Gasteiger partial charge on any atom is 0.145 e. The Labute approximate surface area is 108 Å². The van der Waals surface area contributed by atoms with E-state index in [-0.39, 0.29) is 6.04 Å². The minimum atomic E-state index is -0.147. The molecule has 0 aliphatic carbocycles. The monoisotopic (exact) mass is 241 g/mol. The van der Waals surface area contributed by atoms with Gasteiger partial charge in [-0.2, -0.15) is 0 Å². The van der Waals surface area contributed by atoms with Crippen LogP contribution in [-0.2, 0) is 6.42 Å². The van der Waals surface area contributed by atoms with Crippen molar-refractivity contribution in [1.82, 2.24) is 9.97 Å². The molecule has 1 aromatic heterocycles. The number of aryl methyl sites for hydroxylation is 3. The van der Waals surface area contributed by atoms with Gasteiger partial charge in [0.1, 0.15) is 5.82 Å². The molecular formula is C15H19N3. The fourth-order valence-electron chi connectivity index (χ4n) is 1.94. The van der Waals surface area contributed by atoms with Gasteiger partial charge in [0.2, 0.25) is 0 Å². The zero-order valence-electron chi connectivity index (χ0n) is 11.1. The lowest BCUT2D eigenvalue weighted by atomic mass is 9.99. The Balaban J connectivity index is 2.18. The number of hydrogen-bond donors (Lipinski definition) is 1. The van der Waals surface area contributed by atoms with Crippen LogP contribution in [0.5, 0.6) is 0 Å². The molecule has 0 saturated carbocycles. The number of aromatic nitrogens is 2. The van der Waals surface area contributed by atoms with Crippen molar-refractivity contribution >= 4 is 0 Å². The van der Waals surface area contributed by atoms with Crippen LogP contribution in [0.3, 0.4) is 0 Å². The molecule has 1 atom stereocenters. The van der Waals surface area contributed by atoms with Crippen LogP contribution in [0, 0.1) is 20.8 Å². The maximum absolute atomic E-state index is 6.17. The summed E-state index contributed by atoms with van der Waals surface area (Å²) in [5, 5.41) is 0. The summed E-state index contributed by atoms with van der Waals surface area (Å²) in [5.41, 5.74) is 11.0. The van der Waals surface area contributed by atoms with Gasteiger partial charge in [0, 0.05) is 12.4 Å². The van der Waals surface area contributed by atoms with Gasteiger partial charge in [-0.05, 0) is 43.9 Å². The zero-order chi connectivity index (χ0) is 13.1. The molecule has 0 radical (unpaired) electrons. The van der Waals surface area contributed by atoms with Crippen molar-refractivity contribution in [2.75, 3.05) is 0 Å². The lowest BCUT2D eigenvalue weighted by Gasteiger charge is -2.13. The molecule has 0 aliphatic heterocycles. The van der Waals surface area contributed by atoms with Crippen LogP contribution in [-0.4, -0.2) is 9.97 Å². The first-order chi connectivity index (χ1) is 8.56. The summed E-state index contributed by atoms with van der Waals surface area (Å²) in [6.07, 6.45) is 4.40. The fraction of sp³-hybridized carbons (Fsp3) is 0.333. The SMILES string of the molecule is Cc1cnc(C(N)Cc2cc(C)ccc2C)nc1. The second-order valence-corrected chi connectivity index (χ2v) is 4.86. The third kappa shape index (κ3) is 2.93. The summed E-state index contributed by atoms with van der Waals surface area (Å²) in [4.78, 5) is 8.58. The Kier molecular flexibility index (Phi) is 3.72. The number of nitrogens with two attached hydrogens (primary N) is 1. The molecular weight excluding hydrogens is 222 g/mol. The van der Waals surface area contributed by atoms with Crippen LogP contribution in [0.4, 0.5) is 0 Å². The van der Waals surface area contributed by atoms with Gasteiger partial charge in [0.15, 0.2) is 0 Å². The Morgan fingerprint density at radius 3 is 2.39 bits per heavy atom. The van der Waals surface area contributed by atoms with Crippen LogP contribution in [0.2, 0.25) is 0 Å². The van der Waals surface area contributed by atoms with Crippen molar-refractivity contribution in [2.24, 2.45) is 5.73 Å². The molecule has 0 fully saturated rings. The average molecular weight is 241 g/mol. The Morgan fingerprint density at radius 2 is 1.72 bits per heavy atom. The first kappa shape index (κ1) is 12.7. The van der Waals surface area contributed by atoms with Gasteiger partial charge in [0.05, 0.1) is 6.04 Å². The molecule has 2 aromatic rings. The summed E-state index contributed by atoms with van der Waals surface area (Å²) < 4.78 is 0. The maximum atomic E-state index is 6.17. The second kappa shape index (κ2) is 5.27. The van der Waals surface area contributed by atoms with Crippen LogP contribution in [0.25, 0.3) is 0 Å². The third-order valence-corrected chi connectivity index (χ3v) is 3.08. The largest absolute Gasteiger partial charge is 0.321 e. The highest BCUT2D eigenvalue weighted by Gasteiger charge is 2.11. The first-order valence-electron chi connectivity index (χ1n) is 6.16. The van der Waals surface area contributed by atoms with E-state index in [0.717, 1.165) is 12.0 Å². The third-order valence-electron chi connectivity index (χ3n) is 3.08. The summed E-state index contributed by atoms with van der Waals surface area (Å²) in [6.45, 7) is 6.17. The van der Waals surface area contributed by atoms with Crippen molar-refractivity contribution in [2.45, 2.75) is 33.2 Å². The van der Waals surface area contributed by atoms with Gasteiger partial charge in [-0.1, -0.05) is 23.8 Å². The van der Waals surface area contributed by atoms with Gasteiger partial charge in [-0.3, -0.25) is 0 Å². The summed E-state index contributed by atoms with van der Waals surface area (Å²) in [5.74, 6) is 0.710. The van der Waals surface area contributed by atoms with Crippen LogP contribution in [0.15, 0.2) is 30.6 Å². The van der Waals surface area contributed by atoms with Crippen LogP contribution in [0.1, 0.15) is 34.1 Å². The first-order valence-corrected chi connectivity index (χ1v) is 6.16. The number of benzene rings is 1. The van der Waals surface area contributed by atoms with E-state index in [1.807, 2.05) is 19.3 Å². The average Bonchev–Trinajstić information content (AvgIpc) is 2.34. The predicted octanol–water partition coefficient (Wildman–Crippen LogP) is 2.64. The lowest BCUT2D eigenvalue weighted by molar-refractivity contribution is 0.663. The number of nitrogens with zero attached hydrogens (tertiary/aromatic N) is 2. The van der Waals surface area contributed by atoms with E-state index >= 15 is 0 Å². The van der Waals surface area contributed by atoms with E-state index in [1.54, 1.807) is 0 Å². The second-order valence-electron chi connectivity index (χ2n) is 4.86. The van der Waals surface area contributed by atoms with Gasteiger partial charge in [-0.15, -0.1) is 0 Å². The standard InChI is InChI=1S/C15H19N3/c1-10-4-5-12(3)13(6-10)7-14(16)15-17-8-11(2)9-18-15/h4-6,8-9,14H,7,16H2,1-3H3. The van der Waals surface area contributed by atoms with Crippen molar-refractivity contribution in [1.29, 1.82) is 0 Å². The van der Waals surface area contributed by atoms with Gasteiger partial charge in [0.25, 0.3) is 0 Å². The molecule has 1 unspecified atom stereocenters. The number of hydrogen-bond acceptors (Lipinski definition) is 3. The van der Waals surface area contributed by atoms with Crippen LogP contribution < -0.4 is 5.73 Å². The minimum Gasteiger partial charge on any atom is -0.321 e. The van der Waals surface area contributed by atoms with E-state index in [2.05, 4.69) is 42.0 Å². The quantitative estimate of drug-likeness (QED) is 0.898. The van der Waals surface area contributed by atoms with E-state index in [0.29, 0.717) is 5.82 Å². The van der Waals surface area contributed by atoms with Crippen molar-refractivity contribution in [3.63, 3.8) is 0 Å². The predicted molar refractivity (Wildman–Crippen MR) is 73.3 cm³/mol. The molecule has 3 heteroatoms. The van der Waals surface area contributed by atoms with E-state index in [9.17, 15) is 0 Å². The molecule has 0 saturated heterocycles. The molecule has 94 valence electrons. The lowest BCUT2D eigenvalue weighted by Crippen LogP contribution is -2.17. The summed E-state index contributed by atoms with van der Waals surface area (Å²) in [6, 6.07) is 6.29. The van der Waals surface area contributed by atoms with E-state index in [4.69, 9.17) is 5.73 Å². The molecule has 1 aromatic carbocycles. The molecule has 0 bridgehead atoms. The zero-order valence-corrected chi connectivity index (χ0v) is 11.1. The molecule has 0 aliphatic rings. The van der Waals surface area contributed by atoms with Gasteiger partial charge >= 0.3 is 0 Å². The molecule has 2 rings (SSSR count). The molecule has 3 nitrogen and oxygen atoms in total. The highest BCUT2D eigenvalue weighted by Crippen LogP contribution is 2.17. The molecule has 2 N–H and O–H groups in total. The fourth-order valence-corrected chi connectivity index (χ4v) is 1.94. The number of rotatable bonds is 3. The molecule has 18 heavy (non-hydrogen) atoms. The highest BCUT2D eigenvalue weighted by molar-refractivity contribution is 5.31. The topological polar surface area (TPSA) is 51.8 Å². The smallest absolute Gasteiger partial charge is 0.145 e. The van der Waals surface area contributed by atoms with Crippen molar-refractivity contribution in [3.05, 3.63) is 58.7 Å². The summed E-state index contributed by atoms with van der Waals surface area (Å²) >= 11 is 0. The van der Waals surface area contributed by atoms with Gasteiger partial charge < -0.3 is 5.73 Å². The Bertz CT molecular complexity index is 532. The van der Waals surface area contributed by atoms with Gasteiger partial charge in [-0.25, -0.2) is 9.97 Å². The van der Waals surface area contributed by atoms with E-state index in [1.165, 1.54) is 16.7 Å². The van der Waals surface area contributed by atoms with Crippen molar-refractivity contribution < 1.29 is 0 Å². The van der Waals surface area contributed by atoms with E-state index < -0.39 is 0 Å². The summed E-state index contributed by atoms with van der Waals surface area (Å²) in [7, 11) is 0. The Hall–Kier alpha value is -1.74. The van der Waals surface area contributed by atoms with Crippen molar-refractivity contribution in [3.8, 4) is 0 Å². The molecule has 0 spiro atoms. The normalized spacial score (nSPS) is 12.4. The highest BCUT2D eigenvalue weighted by atomic mass is 14.9. The molecule has 1 heterocycles. The Morgan fingerprint density at radius 1 is 1.06 bits per heavy atom. The van der Waals surface area contributed by atoms with Crippen LogP contribution >= 0.6 is 0 Å². The minimum absolute atomic E-state index is 0.147.